The number of hydrogen-bond donors (Lipinski definition) is 2. The predicted molar refractivity (Wildman–Crippen MR) is 68.0 cm³/mol. The molecule has 2 atom stereocenters. The summed E-state index contributed by atoms with van der Waals surface area (Å²) >= 11 is 0. The molecule has 5 heteroatoms. The maximum Gasteiger partial charge on any atom is 0.133 e. The van der Waals surface area contributed by atoms with Gasteiger partial charge < -0.3 is 20.5 Å². The molecule has 0 spiro atoms. The number of aromatic nitrogens is 1. The zero-order valence-electron chi connectivity index (χ0n) is 10.6. The van der Waals surface area contributed by atoms with Crippen LogP contribution in [0.5, 0.6) is 0 Å². The standard InChI is InChI=1S/C12H21N3O2/c1-9(13)11-5-4-6-14-12(11)15(2)7-10(16)8-17-3/h4-6,9-10,16H,7-8,13H2,1-3H3/t9-,10?/m1/s1. The van der Waals surface area contributed by atoms with Crippen molar-refractivity contribution in [3.8, 4) is 0 Å². The van der Waals surface area contributed by atoms with E-state index in [4.69, 9.17) is 10.5 Å². The molecule has 0 saturated heterocycles. The molecule has 1 heterocycles. The number of methoxy groups -OCH3 is 1. The number of rotatable bonds is 6. The molecule has 0 amide bonds. The van der Waals surface area contributed by atoms with Crippen LogP contribution in [0.15, 0.2) is 18.3 Å². The highest BCUT2D eigenvalue weighted by molar-refractivity contribution is 5.47. The Bertz CT molecular complexity index is 344. The zero-order valence-corrected chi connectivity index (χ0v) is 10.6. The van der Waals surface area contributed by atoms with E-state index in [1.165, 1.54) is 0 Å². The molecule has 0 aliphatic rings. The number of aliphatic hydroxyl groups is 1. The Labute approximate surface area is 102 Å². The highest BCUT2D eigenvalue weighted by Crippen LogP contribution is 2.21. The normalized spacial score (nSPS) is 14.4. The predicted octanol–water partition coefficient (Wildman–Crippen LogP) is 0.545. The summed E-state index contributed by atoms with van der Waals surface area (Å²) < 4.78 is 4.90. The lowest BCUT2D eigenvalue weighted by molar-refractivity contribution is 0.0694. The Morgan fingerprint density at radius 2 is 2.29 bits per heavy atom. The average molecular weight is 239 g/mol. The van der Waals surface area contributed by atoms with Crippen LogP contribution in [0.3, 0.4) is 0 Å². The summed E-state index contributed by atoms with van der Waals surface area (Å²) in [4.78, 5) is 6.20. The minimum absolute atomic E-state index is 0.0827. The number of likely N-dealkylation sites (N-methyl/N-ethyl adjacent to an activating group) is 1. The molecule has 0 radical (unpaired) electrons. The Morgan fingerprint density at radius 1 is 1.59 bits per heavy atom. The van der Waals surface area contributed by atoms with E-state index in [1.807, 2.05) is 31.0 Å². The molecule has 0 saturated carbocycles. The number of hydrogen-bond acceptors (Lipinski definition) is 5. The summed E-state index contributed by atoms with van der Waals surface area (Å²) in [5, 5.41) is 9.68. The van der Waals surface area contributed by atoms with E-state index in [0.717, 1.165) is 11.4 Å². The van der Waals surface area contributed by atoms with Crippen LogP contribution in [0.25, 0.3) is 0 Å². The molecule has 0 aliphatic heterocycles. The highest BCUT2D eigenvalue weighted by atomic mass is 16.5. The fourth-order valence-electron chi connectivity index (χ4n) is 1.73. The first-order valence-corrected chi connectivity index (χ1v) is 5.65. The third-order valence-electron chi connectivity index (χ3n) is 2.51. The Hall–Kier alpha value is -1.17. The van der Waals surface area contributed by atoms with Crippen molar-refractivity contribution in [1.29, 1.82) is 0 Å². The minimum Gasteiger partial charge on any atom is -0.389 e. The topological polar surface area (TPSA) is 71.6 Å². The van der Waals surface area contributed by atoms with Gasteiger partial charge in [-0.25, -0.2) is 4.98 Å². The molecule has 5 nitrogen and oxygen atoms in total. The van der Waals surface area contributed by atoms with Crippen molar-refractivity contribution >= 4 is 5.82 Å². The lowest BCUT2D eigenvalue weighted by Crippen LogP contribution is -2.33. The zero-order chi connectivity index (χ0) is 12.8. The van der Waals surface area contributed by atoms with E-state index in [1.54, 1.807) is 13.3 Å². The van der Waals surface area contributed by atoms with E-state index < -0.39 is 6.10 Å². The van der Waals surface area contributed by atoms with Gasteiger partial charge in [-0.2, -0.15) is 0 Å². The van der Waals surface area contributed by atoms with Crippen LogP contribution in [0, 0.1) is 0 Å². The second kappa shape index (κ2) is 6.54. The van der Waals surface area contributed by atoms with E-state index in [0.29, 0.717) is 13.2 Å². The fourth-order valence-corrected chi connectivity index (χ4v) is 1.73. The first-order valence-electron chi connectivity index (χ1n) is 5.65. The third kappa shape index (κ3) is 3.96. The fraction of sp³-hybridized carbons (Fsp3) is 0.583. The monoisotopic (exact) mass is 239 g/mol. The van der Waals surface area contributed by atoms with Gasteiger partial charge in [0.1, 0.15) is 5.82 Å². The van der Waals surface area contributed by atoms with Gasteiger partial charge in [-0.3, -0.25) is 0 Å². The van der Waals surface area contributed by atoms with Gasteiger partial charge in [0.2, 0.25) is 0 Å². The lowest BCUT2D eigenvalue weighted by Gasteiger charge is -2.24. The van der Waals surface area contributed by atoms with Crippen LogP contribution < -0.4 is 10.6 Å². The summed E-state index contributed by atoms with van der Waals surface area (Å²) in [5.74, 6) is 0.803. The summed E-state index contributed by atoms with van der Waals surface area (Å²) in [5.41, 5.74) is 6.86. The van der Waals surface area contributed by atoms with Gasteiger partial charge in [-0.15, -0.1) is 0 Å². The van der Waals surface area contributed by atoms with Gasteiger partial charge in [0.15, 0.2) is 0 Å². The van der Waals surface area contributed by atoms with Gasteiger partial charge in [0.05, 0.1) is 12.7 Å². The van der Waals surface area contributed by atoms with Gasteiger partial charge in [-0.05, 0) is 13.0 Å². The molecule has 1 unspecified atom stereocenters. The van der Waals surface area contributed by atoms with Crippen molar-refractivity contribution in [2.75, 3.05) is 32.2 Å². The second-order valence-electron chi connectivity index (χ2n) is 4.19. The van der Waals surface area contributed by atoms with Crippen molar-refractivity contribution in [3.05, 3.63) is 23.9 Å². The lowest BCUT2D eigenvalue weighted by atomic mass is 10.1. The van der Waals surface area contributed by atoms with E-state index in [-0.39, 0.29) is 6.04 Å². The van der Waals surface area contributed by atoms with Crippen molar-refractivity contribution in [2.45, 2.75) is 19.1 Å². The average Bonchev–Trinajstić information content (AvgIpc) is 2.29. The number of aliphatic hydroxyl groups excluding tert-OH is 1. The van der Waals surface area contributed by atoms with E-state index >= 15 is 0 Å². The van der Waals surface area contributed by atoms with E-state index in [2.05, 4.69) is 4.98 Å². The number of pyridine rings is 1. The van der Waals surface area contributed by atoms with Crippen LogP contribution in [0.1, 0.15) is 18.5 Å². The maximum absolute atomic E-state index is 9.68. The van der Waals surface area contributed by atoms with Crippen LogP contribution >= 0.6 is 0 Å². The maximum atomic E-state index is 9.68. The summed E-state index contributed by atoms with van der Waals surface area (Å²) in [7, 11) is 3.45. The Morgan fingerprint density at radius 3 is 2.88 bits per heavy atom. The first kappa shape index (κ1) is 13.9. The van der Waals surface area contributed by atoms with Gasteiger partial charge in [0, 0.05) is 38.5 Å². The SMILES string of the molecule is COCC(O)CN(C)c1ncccc1[C@@H](C)N. The van der Waals surface area contributed by atoms with Crippen LogP contribution in [-0.4, -0.2) is 43.5 Å². The first-order chi connectivity index (χ1) is 8.06. The van der Waals surface area contributed by atoms with Crippen LogP contribution in [-0.2, 0) is 4.74 Å². The quantitative estimate of drug-likeness (QED) is 0.758. The number of nitrogens with zero attached hydrogens (tertiary/aromatic N) is 2. The molecule has 1 aromatic heterocycles. The molecule has 0 fully saturated rings. The second-order valence-corrected chi connectivity index (χ2v) is 4.19. The van der Waals surface area contributed by atoms with Crippen LogP contribution in [0.4, 0.5) is 5.82 Å². The Balaban J connectivity index is 2.77. The number of ether oxygens (including phenoxy) is 1. The van der Waals surface area contributed by atoms with Gasteiger partial charge in [-0.1, -0.05) is 6.07 Å². The molecule has 0 aliphatic carbocycles. The highest BCUT2D eigenvalue weighted by Gasteiger charge is 2.14. The van der Waals surface area contributed by atoms with Crippen molar-refractivity contribution in [1.82, 2.24) is 4.98 Å². The molecule has 1 aromatic rings. The van der Waals surface area contributed by atoms with E-state index in [9.17, 15) is 5.11 Å². The van der Waals surface area contributed by atoms with Crippen LogP contribution in [0.2, 0.25) is 0 Å². The molecular weight excluding hydrogens is 218 g/mol. The third-order valence-corrected chi connectivity index (χ3v) is 2.51. The van der Waals surface area contributed by atoms with Crippen molar-refractivity contribution < 1.29 is 9.84 Å². The van der Waals surface area contributed by atoms with Crippen molar-refractivity contribution in [2.24, 2.45) is 5.73 Å². The minimum atomic E-state index is -0.534. The van der Waals surface area contributed by atoms with Crippen molar-refractivity contribution in [3.63, 3.8) is 0 Å². The molecule has 96 valence electrons. The molecule has 17 heavy (non-hydrogen) atoms. The summed E-state index contributed by atoms with van der Waals surface area (Å²) in [6.07, 6.45) is 1.19. The molecule has 3 N–H and O–H groups in total. The summed E-state index contributed by atoms with van der Waals surface area (Å²) in [6, 6.07) is 3.73. The van der Waals surface area contributed by atoms with Gasteiger partial charge >= 0.3 is 0 Å². The molecule has 1 rings (SSSR count). The number of anilines is 1. The molecule has 0 aromatic carbocycles. The smallest absolute Gasteiger partial charge is 0.133 e. The Kier molecular flexibility index (Phi) is 5.34. The molecule has 0 bridgehead atoms. The largest absolute Gasteiger partial charge is 0.389 e. The molecular formula is C12H21N3O2. The summed E-state index contributed by atoms with van der Waals surface area (Å²) in [6.45, 7) is 2.69. The van der Waals surface area contributed by atoms with Gasteiger partial charge in [0.25, 0.3) is 0 Å². The number of nitrogens with two attached hydrogens (primary N) is 1.